The number of aromatic nitrogens is 4. The molecule has 0 fully saturated rings. The number of hydrogen-bond donors (Lipinski definition) is 0. The molecule has 0 aliphatic rings. The number of rotatable bonds is 6. The number of benzene rings is 8. The third-order valence-corrected chi connectivity index (χ3v) is 9.80. The highest BCUT2D eigenvalue weighted by atomic mass is 16.3. The van der Waals surface area contributed by atoms with Crippen LogP contribution < -0.4 is 0 Å². The number of fused-ring (bicyclic) bond motifs is 6. The molecule has 3 heterocycles. The minimum absolute atomic E-state index is 0.00420. The molecule has 0 atom stereocenters. The molecule has 5 nitrogen and oxygen atoms in total. The Morgan fingerprint density at radius 3 is 1.95 bits per heavy atom. The van der Waals surface area contributed by atoms with Gasteiger partial charge in [-0.3, -0.25) is 0 Å². The van der Waals surface area contributed by atoms with Crippen LogP contribution in [0.3, 0.4) is 0 Å². The van der Waals surface area contributed by atoms with Gasteiger partial charge in [0.1, 0.15) is 11.2 Å². The second-order valence-electron chi connectivity index (χ2n) is 13.1. The summed E-state index contributed by atoms with van der Waals surface area (Å²) in [5.41, 5.74) is 2.84. The summed E-state index contributed by atoms with van der Waals surface area (Å²) in [5.74, 6) is 0.685. The molecule has 3 aromatic heterocycles. The fourth-order valence-corrected chi connectivity index (χ4v) is 7.22. The SMILES string of the molecule is [2H]c1c([2H])c([2H])c(-c2cc(-c3nc(-c4ccccc4)nc(-c4cccc5c4oc4ccccc45)n3)ccc2-n2c3c([2H])c([2H])c([2H])c([2H])c3c3c([2H])c([2H])c(-c4ccccc4)c([2H])c32)c([2H])c1[2H]. The molecule has 0 saturated carbocycles. The van der Waals surface area contributed by atoms with E-state index in [2.05, 4.69) is 0 Å². The van der Waals surface area contributed by atoms with E-state index >= 15 is 0 Å². The van der Waals surface area contributed by atoms with E-state index in [-0.39, 0.29) is 67.9 Å². The molecule has 0 bridgehead atoms. The quantitative estimate of drug-likeness (QED) is 0.171. The number of furan rings is 1. The molecule has 0 N–H and O–H groups in total. The lowest BCUT2D eigenvalue weighted by Gasteiger charge is -2.16. The van der Waals surface area contributed by atoms with Gasteiger partial charge >= 0.3 is 0 Å². The van der Waals surface area contributed by atoms with Gasteiger partial charge in [0.05, 0.1) is 38.7 Å². The standard InChI is InChI=1S/C51H32N4O/c1-4-15-33(16-5-1)36-27-29-39-38-21-10-12-25-44(38)55(46(39)32-36)45-30-28-37(31-43(45)34-17-6-2-7-18-34)50-52-49(35-19-8-3-9-20-35)53-51(54-50)42-24-14-23-41-40-22-11-13-26-47(40)56-48(41)42/h1-32H/i2D,6D,7D,10D,12D,17D,18D,21D,25D,27D,29D,32D. The van der Waals surface area contributed by atoms with Gasteiger partial charge in [0.2, 0.25) is 0 Å². The Morgan fingerprint density at radius 2 is 1.11 bits per heavy atom. The second kappa shape index (κ2) is 13.0. The van der Waals surface area contributed by atoms with Crippen molar-refractivity contribution in [2.24, 2.45) is 0 Å². The predicted octanol–water partition coefficient (Wildman–Crippen LogP) is 13.2. The molecule has 0 amide bonds. The third kappa shape index (κ3) is 5.29. The maximum Gasteiger partial charge on any atom is 0.167 e. The van der Waals surface area contributed by atoms with Crippen LogP contribution in [-0.4, -0.2) is 19.5 Å². The Morgan fingerprint density at radius 1 is 0.429 bits per heavy atom. The van der Waals surface area contributed by atoms with Crippen LogP contribution in [0.4, 0.5) is 0 Å². The van der Waals surface area contributed by atoms with E-state index in [0.29, 0.717) is 39.2 Å². The van der Waals surface area contributed by atoms with Gasteiger partial charge in [-0.05, 0) is 59.1 Å². The van der Waals surface area contributed by atoms with Crippen LogP contribution >= 0.6 is 0 Å². The molecule has 11 aromatic rings. The van der Waals surface area contributed by atoms with E-state index in [9.17, 15) is 8.22 Å². The topological polar surface area (TPSA) is 56.7 Å². The second-order valence-corrected chi connectivity index (χ2v) is 13.1. The Hall–Kier alpha value is -7.63. The highest BCUT2D eigenvalue weighted by Gasteiger charge is 2.21. The van der Waals surface area contributed by atoms with Crippen molar-refractivity contribution < 1.29 is 20.9 Å². The van der Waals surface area contributed by atoms with Crippen LogP contribution in [0.2, 0.25) is 0 Å². The van der Waals surface area contributed by atoms with Gasteiger partial charge < -0.3 is 8.98 Å². The van der Waals surface area contributed by atoms with E-state index in [1.54, 1.807) is 48.5 Å². The lowest BCUT2D eigenvalue weighted by molar-refractivity contribution is 0.669. The molecule has 8 aromatic carbocycles. The van der Waals surface area contributed by atoms with Gasteiger partial charge in [0.15, 0.2) is 17.5 Å². The van der Waals surface area contributed by atoms with Crippen LogP contribution in [0, 0.1) is 0 Å². The first kappa shape index (κ1) is 21.9. The van der Waals surface area contributed by atoms with Crippen molar-refractivity contribution in [3.05, 3.63) is 194 Å². The van der Waals surface area contributed by atoms with Crippen molar-refractivity contribution >= 4 is 43.7 Å². The van der Waals surface area contributed by atoms with Crippen LogP contribution in [0.1, 0.15) is 16.4 Å². The molecule has 0 aliphatic heterocycles. The van der Waals surface area contributed by atoms with E-state index in [0.717, 1.165) is 10.8 Å². The molecule has 0 radical (unpaired) electrons. The van der Waals surface area contributed by atoms with E-state index in [1.807, 2.05) is 72.8 Å². The lowest BCUT2D eigenvalue weighted by atomic mass is 9.99. The first-order valence-corrected chi connectivity index (χ1v) is 17.8. The Bertz CT molecular complexity index is 3920. The Labute approximate surface area is 339 Å². The lowest BCUT2D eigenvalue weighted by Crippen LogP contribution is -2.02. The molecule has 5 heteroatoms. The van der Waals surface area contributed by atoms with E-state index in [4.69, 9.17) is 27.6 Å². The zero-order chi connectivity index (χ0) is 47.4. The maximum absolute atomic E-state index is 9.79. The van der Waals surface area contributed by atoms with Gasteiger partial charge in [-0.15, -0.1) is 0 Å². The summed E-state index contributed by atoms with van der Waals surface area (Å²) in [6, 6.07) is 29.6. The molecule has 262 valence electrons. The Kier molecular flexibility index (Phi) is 5.10. The average molecular weight is 729 g/mol. The largest absolute Gasteiger partial charge is 0.455 e. The maximum atomic E-state index is 9.79. The van der Waals surface area contributed by atoms with Crippen molar-refractivity contribution in [1.29, 1.82) is 0 Å². The summed E-state index contributed by atoms with van der Waals surface area (Å²) in [6.07, 6.45) is 0. The van der Waals surface area contributed by atoms with Gasteiger partial charge in [-0.2, -0.15) is 0 Å². The zero-order valence-electron chi connectivity index (χ0n) is 41.2. The first-order valence-electron chi connectivity index (χ1n) is 23.8. The van der Waals surface area contributed by atoms with Crippen molar-refractivity contribution in [1.82, 2.24) is 19.5 Å². The average Bonchev–Trinajstić information content (AvgIpc) is 3.93. The smallest absolute Gasteiger partial charge is 0.167 e. The molecule has 56 heavy (non-hydrogen) atoms. The summed E-state index contributed by atoms with van der Waals surface area (Å²) in [7, 11) is 0. The minimum Gasteiger partial charge on any atom is -0.455 e. The molecule has 0 aliphatic carbocycles. The van der Waals surface area contributed by atoms with E-state index < -0.39 is 60.4 Å². The molecule has 0 unspecified atom stereocenters. The van der Waals surface area contributed by atoms with Crippen LogP contribution in [0.5, 0.6) is 0 Å². The highest BCUT2D eigenvalue weighted by Crippen LogP contribution is 2.40. The predicted molar refractivity (Wildman–Crippen MR) is 229 cm³/mol. The molecular formula is C51H32N4O. The monoisotopic (exact) mass is 728 g/mol. The van der Waals surface area contributed by atoms with Crippen LogP contribution in [0.25, 0.3) is 106 Å². The number of nitrogens with zero attached hydrogens (tertiary/aromatic N) is 4. The fourth-order valence-electron chi connectivity index (χ4n) is 7.22. The van der Waals surface area contributed by atoms with E-state index in [1.165, 1.54) is 4.57 Å². The minimum atomic E-state index is -0.635. The van der Waals surface area contributed by atoms with Gasteiger partial charge in [0, 0.05) is 38.2 Å². The zero-order valence-corrected chi connectivity index (χ0v) is 29.2. The van der Waals surface area contributed by atoms with Crippen molar-refractivity contribution in [2.75, 3.05) is 0 Å². The van der Waals surface area contributed by atoms with Gasteiger partial charge in [0.25, 0.3) is 0 Å². The summed E-state index contributed by atoms with van der Waals surface area (Å²) >= 11 is 0. The number of hydrogen-bond acceptors (Lipinski definition) is 4. The fraction of sp³-hybridized carbons (Fsp3) is 0. The molecule has 0 spiro atoms. The third-order valence-electron chi connectivity index (χ3n) is 9.80. The van der Waals surface area contributed by atoms with Crippen molar-refractivity contribution in [3.63, 3.8) is 0 Å². The van der Waals surface area contributed by atoms with Gasteiger partial charge in [-0.1, -0.05) is 151 Å². The van der Waals surface area contributed by atoms with Crippen molar-refractivity contribution in [3.8, 4) is 62.1 Å². The Balaban J connectivity index is 1.27. The van der Waals surface area contributed by atoms with Crippen LogP contribution in [0.15, 0.2) is 198 Å². The summed E-state index contributed by atoms with van der Waals surface area (Å²) in [6.45, 7) is 0. The summed E-state index contributed by atoms with van der Waals surface area (Å²) in [4.78, 5) is 14.9. The van der Waals surface area contributed by atoms with Crippen LogP contribution in [-0.2, 0) is 0 Å². The van der Waals surface area contributed by atoms with Crippen molar-refractivity contribution in [2.45, 2.75) is 0 Å². The summed E-state index contributed by atoms with van der Waals surface area (Å²) in [5, 5.41) is 1.53. The van der Waals surface area contributed by atoms with Gasteiger partial charge in [-0.25, -0.2) is 15.0 Å². The normalized spacial score (nSPS) is 14.6. The molecule has 11 rings (SSSR count). The first-order chi connectivity index (χ1) is 32.8. The summed E-state index contributed by atoms with van der Waals surface area (Å²) < 4.78 is 117. The molecular weight excluding hydrogens is 685 g/mol. The highest BCUT2D eigenvalue weighted by molar-refractivity contribution is 6.11. The molecule has 0 saturated heterocycles. The number of para-hydroxylation sites is 3.